The van der Waals surface area contributed by atoms with Gasteiger partial charge in [-0.3, -0.25) is 4.79 Å². The summed E-state index contributed by atoms with van der Waals surface area (Å²) in [5.74, 6) is -0.0781. The molecule has 0 radical (unpaired) electrons. The van der Waals surface area contributed by atoms with E-state index in [0.717, 1.165) is 39.4 Å². The number of hydrogen-bond donors (Lipinski definition) is 1. The number of nitrogens with zero attached hydrogens (tertiary/aromatic N) is 2. The summed E-state index contributed by atoms with van der Waals surface area (Å²) in [6.07, 6.45) is 3.17. The molecule has 1 aromatic carbocycles. The molecule has 5 nitrogen and oxygen atoms in total. The number of aromatic nitrogens is 2. The highest BCUT2D eigenvalue weighted by molar-refractivity contribution is 7.21. The van der Waals surface area contributed by atoms with E-state index in [4.69, 9.17) is 4.74 Å². The van der Waals surface area contributed by atoms with Crippen LogP contribution in [0.5, 0.6) is 0 Å². The Labute approximate surface area is 137 Å². The van der Waals surface area contributed by atoms with Crippen molar-refractivity contribution in [1.29, 1.82) is 0 Å². The first-order valence-electron chi connectivity index (χ1n) is 7.54. The Bertz CT molecular complexity index is 823. The average Bonchev–Trinajstić information content (AvgIpc) is 3.24. The summed E-state index contributed by atoms with van der Waals surface area (Å²) in [5, 5.41) is 3.82. The van der Waals surface area contributed by atoms with Crippen LogP contribution in [0.3, 0.4) is 0 Å². The third-order valence-electron chi connectivity index (χ3n) is 3.77. The number of anilines is 1. The first-order valence-corrected chi connectivity index (χ1v) is 8.36. The number of hydrogen-bond acceptors (Lipinski definition) is 5. The van der Waals surface area contributed by atoms with Crippen LogP contribution < -0.4 is 5.32 Å². The topological polar surface area (TPSA) is 64.1 Å². The van der Waals surface area contributed by atoms with Crippen molar-refractivity contribution in [2.45, 2.75) is 18.9 Å². The lowest BCUT2D eigenvalue weighted by atomic mass is 10.2. The van der Waals surface area contributed by atoms with E-state index in [1.165, 1.54) is 0 Å². The van der Waals surface area contributed by atoms with E-state index >= 15 is 0 Å². The van der Waals surface area contributed by atoms with Crippen LogP contribution in [-0.4, -0.2) is 28.6 Å². The molecule has 0 bridgehead atoms. The number of ether oxygens (including phenoxy) is 1. The summed E-state index contributed by atoms with van der Waals surface area (Å²) >= 11 is 1.54. The first kappa shape index (κ1) is 14.3. The van der Waals surface area contributed by atoms with E-state index in [9.17, 15) is 4.79 Å². The van der Waals surface area contributed by atoms with Gasteiger partial charge in [0.05, 0.1) is 0 Å². The maximum Gasteiger partial charge on any atom is 0.253 e. The minimum atomic E-state index is -0.328. The predicted molar refractivity (Wildman–Crippen MR) is 90.5 cm³/mol. The largest absolute Gasteiger partial charge is 0.368 e. The molecule has 3 aromatic rings. The molecular formula is C17H15N3O2S. The lowest BCUT2D eigenvalue weighted by Gasteiger charge is -2.10. The van der Waals surface area contributed by atoms with Gasteiger partial charge in [0.2, 0.25) is 0 Å². The van der Waals surface area contributed by atoms with Gasteiger partial charge in [-0.05, 0) is 37.1 Å². The summed E-state index contributed by atoms with van der Waals surface area (Å²) in [6.45, 7) is 0.664. The molecule has 4 rings (SSSR count). The van der Waals surface area contributed by atoms with Crippen LogP contribution >= 0.6 is 11.3 Å². The summed E-state index contributed by atoms with van der Waals surface area (Å²) in [6, 6.07) is 11.5. The molecule has 0 unspecified atom stereocenters. The number of rotatable bonds is 3. The van der Waals surface area contributed by atoms with Gasteiger partial charge in [-0.25, -0.2) is 9.97 Å². The van der Waals surface area contributed by atoms with Crippen LogP contribution in [0.15, 0.2) is 42.6 Å². The lowest BCUT2D eigenvalue weighted by molar-refractivity contribution is -0.124. The van der Waals surface area contributed by atoms with Gasteiger partial charge in [-0.1, -0.05) is 23.5 Å². The highest BCUT2D eigenvalue weighted by Crippen LogP contribution is 2.30. The molecule has 3 heterocycles. The number of benzene rings is 1. The van der Waals surface area contributed by atoms with Gasteiger partial charge in [0.25, 0.3) is 5.91 Å². The summed E-state index contributed by atoms with van der Waals surface area (Å²) in [4.78, 5) is 22.0. The maximum atomic E-state index is 12.1. The van der Waals surface area contributed by atoms with Crippen molar-refractivity contribution < 1.29 is 9.53 Å². The highest BCUT2D eigenvalue weighted by Gasteiger charge is 2.23. The quantitative estimate of drug-likeness (QED) is 0.801. The molecule has 23 heavy (non-hydrogen) atoms. The molecule has 1 amide bonds. The Morgan fingerprint density at radius 1 is 1.30 bits per heavy atom. The second-order valence-electron chi connectivity index (χ2n) is 5.42. The van der Waals surface area contributed by atoms with Crippen molar-refractivity contribution in [3.63, 3.8) is 0 Å². The standard InChI is InChI=1S/C17H15N3O2S/c21-15(14-7-3-9-22-14)19-12-5-1-4-11(10-12)16-20-13-6-2-8-18-17(13)23-16/h1-2,4-6,8,10,14H,3,7,9H2,(H,19,21)/t14-/m1/s1. The zero-order chi connectivity index (χ0) is 15.6. The minimum absolute atomic E-state index is 0.0781. The number of fused-ring (bicyclic) bond motifs is 1. The van der Waals surface area contributed by atoms with Crippen molar-refractivity contribution in [3.05, 3.63) is 42.6 Å². The van der Waals surface area contributed by atoms with E-state index < -0.39 is 0 Å². The number of carbonyl (C=O) groups excluding carboxylic acids is 1. The Morgan fingerprint density at radius 2 is 2.26 bits per heavy atom. The van der Waals surface area contributed by atoms with E-state index in [-0.39, 0.29) is 12.0 Å². The number of amides is 1. The van der Waals surface area contributed by atoms with Gasteiger partial charge < -0.3 is 10.1 Å². The second kappa shape index (κ2) is 6.06. The van der Waals surface area contributed by atoms with Gasteiger partial charge >= 0.3 is 0 Å². The third kappa shape index (κ3) is 2.95. The Morgan fingerprint density at radius 3 is 3.09 bits per heavy atom. The molecule has 6 heteroatoms. The predicted octanol–water partition coefficient (Wildman–Crippen LogP) is 3.48. The summed E-state index contributed by atoms with van der Waals surface area (Å²) in [7, 11) is 0. The van der Waals surface area contributed by atoms with E-state index in [2.05, 4.69) is 15.3 Å². The number of nitrogens with one attached hydrogen (secondary N) is 1. The fraction of sp³-hybridized carbons (Fsp3) is 0.235. The van der Waals surface area contributed by atoms with E-state index in [0.29, 0.717) is 6.61 Å². The Kier molecular flexibility index (Phi) is 3.77. The van der Waals surface area contributed by atoms with Crippen molar-refractivity contribution in [2.75, 3.05) is 11.9 Å². The van der Waals surface area contributed by atoms with Gasteiger partial charge in [0.1, 0.15) is 21.5 Å². The van der Waals surface area contributed by atoms with Crippen molar-refractivity contribution in [1.82, 2.24) is 9.97 Å². The molecule has 116 valence electrons. The second-order valence-corrected chi connectivity index (χ2v) is 6.40. The van der Waals surface area contributed by atoms with Gasteiger partial charge in [0, 0.05) is 24.1 Å². The fourth-order valence-corrected chi connectivity index (χ4v) is 3.53. The lowest BCUT2D eigenvalue weighted by Crippen LogP contribution is -2.26. The number of pyridine rings is 1. The summed E-state index contributed by atoms with van der Waals surface area (Å²) < 4.78 is 5.41. The zero-order valence-electron chi connectivity index (χ0n) is 12.4. The molecule has 1 saturated heterocycles. The SMILES string of the molecule is O=C(Nc1cccc(-c2nc3cccnc3s2)c1)[C@H]1CCCO1. The van der Waals surface area contributed by atoms with Crippen LogP contribution in [0.1, 0.15) is 12.8 Å². The van der Waals surface area contributed by atoms with Gasteiger partial charge in [0.15, 0.2) is 0 Å². The first-order chi connectivity index (χ1) is 11.3. The van der Waals surface area contributed by atoms with Gasteiger partial charge in [-0.2, -0.15) is 0 Å². The molecule has 0 aliphatic carbocycles. The smallest absolute Gasteiger partial charge is 0.253 e. The number of thiazole rings is 1. The molecule has 0 spiro atoms. The minimum Gasteiger partial charge on any atom is -0.368 e. The van der Waals surface area contributed by atoms with E-state index in [1.807, 2.05) is 36.4 Å². The van der Waals surface area contributed by atoms with Crippen LogP contribution in [0.2, 0.25) is 0 Å². The monoisotopic (exact) mass is 325 g/mol. The molecule has 1 aliphatic rings. The molecule has 1 N–H and O–H groups in total. The normalized spacial score (nSPS) is 17.5. The summed E-state index contributed by atoms with van der Waals surface area (Å²) in [5.41, 5.74) is 2.62. The van der Waals surface area contributed by atoms with Crippen molar-refractivity contribution >= 4 is 33.3 Å². The Balaban J connectivity index is 1.59. The molecule has 0 saturated carbocycles. The maximum absolute atomic E-state index is 12.1. The van der Waals surface area contributed by atoms with Crippen LogP contribution in [0.25, 0.3) is 20.9 Å². The zero-order valence-corrected chi connectivity index (χ0v) is 13.2. The number of carbonyl (C=O) groups is 1. The average molecular weight is 325 g/mol. The molecule has 1 fully saturated rings. The van der Waals surface area contributed by atoms with Crippen LogP contribution in [0, 0.1) is 0 Å². The highest BCUT2D eigenvalue weighted by atomic mass is 32.1. The molecule has 1 atom stereocenters. The van der Waals surface area contributed by atoms with Crippen LogP contribution in [0.4, 0.5) is 5.69 Å². The van der Waals surface area contributed by atoms with Gasteiger partial charge in [-0.15, -0.1) is 0 Å². The fourth-order valence-electron chi connectivity index (χ4n) is 2.63. The van der Waals surface area contributed by atoms with Crippen molar-refractivity contribution in [2.24, 2.45) is 0 Å². The van der Waals surface area contributed by atoms with E-state index in [1.54, 1.807) is 17.5 Å². The Hall–Kier alpha value is -2.31. The van der Waals surface area contributed by atoms with Crippen molar-refractivity contribution in [3.8, 4) is 10.6 Å². The molecular weight excluding hydrogens is 310 g/mol. The molecule has 2 aromatic heterocycles. The molecule has 1 aliphatic heterocycles. The third-order valence-corrected chi connectivity index (χ3v) is 4.79. The van der Waals surface area contributed by atoms with Crippen LogP contribution in [-0.2, 0) is 9.53 Å².